The van der Waals surface area contributed by atoms with Gasteiger partial charge in [0.05, 0.1) is 17.9 Å². The van der Waals surface area contributed by atoms with E-state index in [-0.39, 0.29) is 39.6 Å². The molecule has 65 heavy (non-hydrogen) atoms. The number of esters is 2. The van der Waals surface area contributed by atoms with E-state index in [9.17, 15) is 19.2 Å². The SMILES string of the molecule is C=COC#CC(C)(C#COC=C)NC(=O)OCCOc1ccc(C2(c3ccc(OCCOC(=O)NC(C)(COC(=O)C=C)COC(=O)C=C)cc3)c3ccccc3-c3ccccc32)cc1. The fourth-order valence-electron chi connectivity index (χ4n) is 6.87. The van der Waals surface area contributed by atoms with E-state index in [1.165, 1.54) is 6.92 Å². The van der Waals surface area contributed by atoms with Gasteiger partial charge in [0.25, 0.3) is 0 Å². The van der Waals surface area contributed by atoms with Gasteiger partial charge in [-0.05, 0) is 83.3 Å². The molecule has 0 heterocycles. The molecule has 2 N–H and O–H groups in total. The second-order valence-corrected chi connectivity index (χ2v) is 14.4. The summed E-state index contributed by atoms with van der Waals surface area (Å²) in [5.74, 6) is 5.02. The van der Waals surface area contributed by atoms with Gasteiger partial charge in [0.1, 0.15) is 68.9 Å². The highest BCUT2D eigenvalue weighted by atomic mass is 16.6. The summed E-state index contributed by atoms with van der Waals surface area (Å²) in [7, 11) is 0. The molecule has 0 spiro atoms. The number of amides is 2. The average Bonchev–Trinajstić information content (AvgIpc) is 3.62. The Balaban J connectivity index is 1.26. The molecule has 0 unspecified atom stereocenters. The molecule has 0 fully saturated rings. The van der Waals surface area contributed by atoms with Crippen LogP contribution in [0, 0.1) is 24.1 Å². The Kier molecular flexibility index (Phi) is 16.6. The minimum atomic E-state index is -1.36. The quantitative estimate of drug-likeness (QED) is 0.0198. The predicted octanol–water partition coefficient (Wildman–Crippen LogP) is 7.48. The van der Waals surface area contributed by atoms with Crippen LogP contribution in [-0.2, 0) is 43.4 Å². The van der Waals surface area contributed by atoms with E-state index in [2.05, 4.69) is 85.3 Å². The van der Waals surface area contributed by atoms with Gasteiger partial charge in [0, 0.05) is 12.2 Å². The van der Waals surface area contributed by atoms with E-state index in [0.717, 1.165) is 58.1 Å². The summed E-state index contributed by atoms with van der Waals surface area (Å²) >= 11 is 0. The molecule has 0 saturated heterocycles. The maximum atomic E-state index is 12.7. The molecule has 334 valence electrons. The molecule has 14 heteroatoms. The van der Waals surface area contributed by atoms with Gasteiger partial charge in [-0.3, -0.25) is 5.32 Å². The highest BCUT2D eigenvalue weighted by molar-refractivity contribution is 5.86. The van der Waals surface area contributed by atoms with Crippen LogP contribution >= 0.6 is 0 Å². The van der Waals surface area contributed by atoms with Crippen LogP contribution in [0.15, 0.2) is 148 Å². The molecular weight excluding hydrogens is 833 g/mol. The van der Waals surface area contributed by atoms with Crippen molar-refractivity contribution in [3.63, 3.8) is 0 Å². The lowest BCUT2D eigenvalue weighted by molar-refractivity contribution is -0.144. The topological polar surface area (TPSA) is 166 Å². The third-order valence-corrected chi connectivity index (χ3v) is 9.74. The summed E-state index contributed by atoms with van der Waals surface area (Å²) in [4.78, 5) is 48.7. The number of hydrogen-bond acceptors (Lipinski definition) is 12. The van der Waals surface area contributed by atoms with Gasteiger partial charge in [-0.25, -0.2) is 19.2 Å². The maximum Gasteiger partial charge on any atom is 0.409 e. The number of benzene rings is 4. The number of rotatable bonds is 20. The van der Waals surface area contributed by atoms with Crippen LogP contribution in [0.5, 0.6) is 11.5 Å². The normalized spacial score (nSPS) is 11.7. The molecule has 0 aromatic heterocycles. The number of carbonyl (C=O) groups excluding carboxylic acids is 4. The number of ether oxygens (including phenoxy) is 8. The highest BCUT2D eigenvalue weighted by Crippen LogP contribution is 2.56. The second kappa shape index (κ2) is 22.6. The molecule has 4 aromatic rings. The average molecular weight is 881 g/mol. The Bertz CT molecular complexity index is 2410. The first kappa shape index (κ1) is 47.7. The van der Waals surface area contributed by atoms with Crippen molar-refractivity contribution in [1.29, 1.82) is 0 Å². The summed E-state index contributed by atoms with van der Waals surface area (Å²) in [6.45, 7) is 15.9. The Morgan fingerprint density at radius 3 is 1.40 bits per heavy atom. The largest absolute Gasteiger partial charge is 0.490 e. The summed E-state index contributed by atoms with van der Waals surface area (Å²) in [5, 5.41) is 5.16. The standard InChI is InChI=1S/C51H48N2O12/c1-7-45(54)64-35-50(6,36-65-46(55)8-2)53-48(57)63-34-32-61-40-25-21-38(22-26-40)51(43-17-13-11-15-41(43)42-16-12-14-18-44(42)51)37-19-23-39(24-20-37)60-31-33-62-47(56)52-49(5,27-29-58-9-3)28-30-59-10-4/h7-26H,1-4,31-36H2,5-6H3,(H,52,56)(H,53,57). The number of alkyl carbamates (subject to hydrolysis) is 2. The molecule has 0 aliphatic heterocycles. The lowest BCUT2D eigenvalue weighted by Crippen LogP contribution is -2.53. The van der Waals surface area contributed by atoms with Crippen molar-refractivity contribution < 1.29 is 57.1 Å². The minimum Gasteiger partial charge on any atom is -0.490 e. The predicted molar refractivity (Wildman–Crippen MR) is 241 cm³/mol. The van der Waals surface area contributed by atoms with Crippen molar-refractivity contribution in [2.75, 3.05) is 39.6 Å². The van der Waals surface area contributed by atoms with E-state index in [0.29, 0.717) is 11.5 Å². The Hall–Kier alpha value is -8.36. The van der Waals surface area contributed by atoms with Gasteiger partial charge in [-0.15, -0.1) is 0 Å². The molecular formula is C51H48N2O12. The lowest BCUT2D eigenvalue weighted by atomic mass is 9.68. The van der Waals surface area contributed by atoms with Crippen LogP contribution in [0.3, 0.4) is 0 Å². The van der Waals surface area contributed by atoms with Crippen molar-refractivity contribution in [3.05, 3.63) is 170 Å². The third kappa shape index (κ3) is 12.4. The van der Waals surface area contributed by atoms with Crippen molar-refractivity contribution in [1.82, 2.24) is 10.6 Å². The molecule has 4 aromatic carbocycles. The van der Waals surface area contributed by atoms with E-state index < -0.39 is 40.6 Å². The Morgan fingerprint density at radius 1 is 0.569 bits per heavy atom. The van der Waals surface area contributed by atoms with Crippen molar-refractivity contribution in [2.24, 2.45) is 0 Å². The fourth-order valence-corrected chi connectivity index (χ4v) is 6.87. The summed E-state index contributed by atoms with van der Waals surface area (Å²) < 4.78 is 42.5. The molecule has 0 bridgehead atoms. The van der Waals surface area contributed by atoms with Crippen LogP contribution in [0.25, 0.3) is 11.1 Å². The van der Waals surface area contributed by atoms with E-state index in [1.54, 1.807) is 6.92 Å². The van der Waals surface area contributed by atoms with E-state index in [4.69, 9.17) is 37.9 Å². The van der Waals surface area contributed by atoms with Crippen LogP contribution in [0.4, 0.5) is 9.59 Å². The van der Waals surface area contributed by atoms with Gasteiger partial charge in [-0.2, -0.15) is 0 Å². The number of nitrogens with one attached hydrogen (secondary N) is 2. The Labute approximate surface area is 377 Å². The summed E-state index contributed by atoms with van der Waals surface area (Å²) in [6, 6.07) is 32.1. The van der Waals surface area contributed by atoms with Crippen LogP contribution in [-0.4, -0.2) is 74.8 Å². The zero-order valence-corrected chi connectivity index (χ0v) is 36.0. The third-order valence-electron chi connectivity index (χ3n) is 9.74. The van der Waals surface area contributed by atoms with Crippen LogP contribution in [0.2, 0.25) is 0 Å². The molecule has 0 radical (unpaired) electrons. The van der Waals surface area contributed by atoms with Gasteiger partial charge in [0.2, 0.25) is 0 Å². The number of fused-ring (bicyclic) bond motifs is 3. The fraction of sp³-hybridized carbons (Fsp3) is 0.216. The highest BCUT2D eigenvalue weighted by Gasteiger charge is 2.46. The van der Waals surface area contributed by atoms with Gasteiger partial charge < -0.3 is 43.2 Å². The molecule has 2 amide bonds. The molecule has 14 nitrogen and oxygen atoms in total. The summed E-state index contributed by atoms with van der Waals surface area (Å²) in [6.07, 6.45) is 7.38. The Morgan fingerprint density at radius 2 is 0.985 bits per heavy atom. The first-order valence-electron chi connectivity index (χ1n) is 20.1. The van der Waals surface area contributed by atoms with Crippen LogP contribution in [0.1, 0.15) is 36.1 Å². The first-order chi connectivity index (χ1) is 31.4. The maximum absolute atomic E-state index is 12.7. The van der Waals surface area contributed by atoms with Gasteiger partial charge in [-0.1, -0.05) is 99.1 Å². The van der Waals surface area contributed by atoms with Gasteiger partial charge >= 0.3 is 24.1 Å². The molecule has 5 rings (SSSR count). The van der Waals surface area contributed by atoms with E-state index in [1.807, 2.05) is 72.8 Å². The molecule has 0 saturated carbocycles. The minimum absolute atomic E-state index is 0.0220. The van der Waals surface area contributed by atoms with Crippen molar-refractivity contribution in [2.45, 2.75) is 30.3 Å². The number of carbonyl (C=O) groups is 4. The lowest BCUT2D eigenvalue weighted by Gasteiger charge is -2.34. The smallest absolute Gasteiger partial charge is 0.409 e. The van der Waals surface area contributed by atoms with Gasteiger partial charge in [0.15, 0.2) is 5.54 Å². The molecule has 1 aliphatic carbocycles. The molecule has 0 atom stereocenters. The monoisotopic (exact) mass is 880 g/mol. The van der Waals surface area contributed by atoms with Crippen LogP contribution < -0.4 is 20.1 Å². The summed E-state index contributed by atoms with van der Waals surface area (Å²) in [5.41, 5.74) is 3.00. The zero-order valence-electron chi connectivity index (χ0n) is 36.0. The second-order valence-electron chi connectivity index (χ2n) is 14.4. The molecule has 1 aliphatic rings. The van der Waals surface area contributed by atoms with Crippen molar-refractivity contribution >= 4 is 24.1 Å². The first-order valence-corrected chi connectivity index (χ1v) is 20.1. The number of hydrogen-bond donors (Lipinski definition) is 2. The van der Waals surface area contributed by atoms with E-state index >= 15 is 0 Å². The zero-order chi connectivity index (χ0) is 46.7. The van der Waals surface area contributed by atoms with Crippen molar-refractivity contribution in [3.8, 4) is 46.7 Å².